The smallest absolute Gasteiger partial charge is 0.298 e. The van der Waals surface area contributed by atoms with Gasteiger partial charge in [0, 0.05) is 31.4 Å². The lowest BCUT2D eigenvalue weighted by Gasteiger charge is -2.41. The maximum absolute atomic E-state index is 6.28. The fourth-order valence-corrected chi connectivity index (χ4v) is 4.63. The van der Waals surface area contributed by atoms with Gasteiger partial charge in [0.2, 0.25) is 0 Å². The number of aromatic nitrogens is 4. The first kappa shape index (κ1) is 18.5. The number of fused-ring (bicyclic) bond motifs is 2. The number of nitrogens with one attached hydrogen (secondary N) is 1. The number of nitrogens with zero attached hydrogens (tertiary/aromatic N) is 5. The van der Waals surface area contributed by atoms with Gasteiger partial charge in [-0.15, -0.1) is 0 Å². The fraction of sp³-hybridized carbons (Fsp3) is 0.350. The largest absolute Gasteiger partial charge is 0.422 e. The highest BCUT2D eigenvalue weighted by molar-refractivity contribution is 6.38. The summed E-state index contributed by atoms with van der Waals surface area (Å²) >= 11 is 12.4. The molecule has 0 saturated carbocycles. The Hall–Kier alpha value is -2.51. The molecule has 1 aliphatic rings. The van der Waals surface area contributed by atoms with Crippen LogP contribution in [0.1, 0.15) is 13.3 Å². The Balaban J connectivity index is 1.46. The van der Waals surface area contributed by atoms with E-state index in [0.717, 1.165) is 36.4 Å². The Kier molecular flexibility index (Phi) is 4.52. The molecule has 2 atom stereocenters. The molecule has 3 aromatic heterocycles. The van der Waals surface area contributed by atoms with Crippen molar-refractivity contribution in [3.05, 3.63) is 40.8 Å². The molecule has 150 valence electrons. The van der Waals surface area contributed by atoms with Crippen molar-refractivity contribution in [1.29, 1.82) is 0 Å². The summed E-state index contributed by atoms with van der Waals surface area (Å²) in [5, 5.41) is 2.04. The van der Waals surface area contributed by atoms with Gasteiger partial charge < -0.3 is 19.2 Å². The monoisotopic (exact) mass is 430 g/mol. The van der Waals surface area contributed by atoms with Gasteiger partial charge in [0.15, 0.2) is 5.58 Å². The molecule has 4 heterocycles. The zero-order valence-electron chi connectivity index (χ0n) is 16.1. The second-order valence-corrected chi connectivity index (χ2v) is 8.40. The second kappa shape index (κ2) is 7.07. The van der Waals surface area contributed by atoms with Crippen LogP contribution in [0.3, 0.4) is 0 Å². The normalized spacial score (nSPS) is 19.9. The highest BCUT2D eigenvalue weighted by atomic mass is 35.5. The number of oxazole rings is 1. The van der Waals surface area contributed by atoms with Crippen LogP contribution in [-0.4, -0.2) is 46.1 Å². The third kappa shape index (κ3) is 3.18. The van der Waals surface area contributed by atoms with Crippen molar-refractivity contribution in [3.8, 4) is 0 Å². The van der Waals surface area contributed by atoms with Crippen LogP contribution in [-0.2, 0) is 0 Å². The van der Waals surface area contributed by atoms with E-state index in [9.17, 15) is 0 Å². The molecule has 29 heavy (non-hydrogen) atoms. The average Bonchev–Trinajstić information content (AvgIpc) is 3.34. The number of hydrogen-bond acceptors (Lipinski definition) is 6. The maximum Gasteiger partial charge on any atom is 0.298 e. The number of H-pyrrole nitrogens is 1. The molecule has 1 aromatic carbocycles. The summed E-state index contributed by atoms with van der Waals surface area (Å²) in [5.74, 6) is 1.41. The maximum atomic E-state index is 6.28. The molecule has 0 aliphatic carbocycles. The van der Waals surface area contributed by atoms with Gasteiger partial charge in [-0.3, -0.25) is 0 Å². The van der Waals surface area contributed by atoms with E-state index in [0.29, 0.717) is 33.1 Å². The van der Waals surface area contributed by atoms with Crippen LogP contribution in [0.4, 0.5) is 11.8 Å². The van der Waals surface area contributed by atoms with Crippen molar-refractivity contribution < 1.29 is 4.42 Å². The molecule has 0 bridgehead atoms. The number of anilines is 2. The van der Waals surface area contributed by atoms with Crippen LogP contribution >= 0.6 is 23.2 Å². The minimum absolute atomic E-state index is 0.242. The van der Waals surface area contributed by atoms with Gasteiger partial charge in [0.05, 0.1) is 16.5 Å². The van der Waals surface area contributed by atoms with Crippen molar-refractivity contribution in [2.24, 2.45) is 5.92 Å². The summed E-state index contributed by atoms with van der Waals surface area (Å²) in [7, 11) is 2.09. The predicted molar refractivity (Wildman–Crippen MR) is 116 cm³/mol. The van der Waals surface area contributed by atoms with E-state index < -0.39 is 0 Å². The number of hydrogen-bond donors (Lipinski definition) is 1. The lowest BCUT2D eigenvalue weighted by atomic mass is 9.92. The molecular weight excluding hydrogens is 411 g/mol. The van der Waals surface area contributed by atoms with E-state index in [1.807, 2.05) is 12.3 Å². The Morgan fingerprint density at radius 2 is 2.14 bits per heavy atom. The lowest BCUT2D eigenvalue weighted by molar-refractivity contribution is 0.355. The molecule has 1 aliphatic heterocycles. The molecule has 4 aromatic rings. The molecule has 5 rings (SSSR count). The van der Waals surface area contributed by atoms with Crippen LogP contribution in [0, 0.1) is 5.92 Å². The van der Waals surface area contributed by atoms with E-state index in [-0.39, 0.29) is 6.04 Å². The van der Waals surface area contributed by atoms with Gasteiger partial charge in [0.1, 0.15) is 23.3 Å². The third-order valence-electron chi connectivity index (χ3n) is 5.75. The van der Waals surface area contributed by atoms with Gasteiger partial charge in [0.25, 0.3) is 6.01 Å². The van der Waals surface area contributed by atoms with Crippen LogP contribution < -0.4 is 9.80 Å². The Bertz CT molecular complexity index is 1190. The van der Waals surface area contributed by atoms with Crippen molar-refractivity contribution in [3.63, 3.8) is 0 Å². The lowest BCUT2D eigenvalue weighted by Crippen LogP contribution is -2.51. The minimum Gasteiger partial charge on any atom is -0.422 e. The standard InChI is InChI=1S/C20H20Cl2N6O/c1-11-4-6-28(20-26-15-8-12(21)7-14(22)17(15)29-20)9-16(11)27(2)19-13-3-5-23-18(13)24-10-25-19/h3,5,7-8,10-11,16H,4,6,9H2,1-2H3,(H,23,24,25). The van der Waals surface area contributed by atoms with Crippen LogP contribution in [0.5, 0.6) is 0 Å². The molecule has 0 amide bonds. The number of halogens is 2. The van der Waals surface area contributed by atoms with Crippen molar-refractivity contribution in [2.75, 3.05) is 29.9 Å². The Labute approximate surface area is 177 Å². The van der Waals surface area contributed by atoms with E-state index in [1.54, 1.807) is 18.5 Å². The van der Waals surface area contributed by atoms with Crippen LogP contribution in [0.15, 0.2) is 35.1 Å². The number of piperidine rings is 1. The Morgan fingerprint density at radius 1 is 1.28 bits per heavy atom. The predicted octanol–water partition coefficient (Wildman–Crippen LogP) is 4.76. The third-order valence-corrected chi connectivity index (χ3v) is 6.25. The van der Waals surface area contributed by atoms with E-state index >= 15 is 0 Å². The molecule has 1 saturated heterocycles. The van der Waals surface area contributed by atoms with E-state index in [2.05, 4.69) is 43.7 Å². The zero-order chi connectivity index (χ0) is 20.1. The summed E-state index contributed by atoms with van der Waals surface area (Å²) in [6.45, 7) is 3.91. The summed E-state index contributed by atoms with van der Waals surface area (Å²) in [6.07, 6.45) is 4.51. The SMILES string of the molecule is CC1CCN(c2nc3cc(Cl)cc(Cl)c3o2)CC1N(C)c1ncnc2[nH]ccc12. The van der Waals surface area contributed by atoms with Crippen molar-refractivity contribution >= 4 is 57.2 Å². The number of likely N-dealkylation sites (N-methyl/N-ethyl adjacent to an activating group) is 1. The molecule has 7 nitrogen and oxygen atoms in total. The summed E-state index contributed by atoms with van der Waals surface area (Å²) in [5.41, 5.74) is 2.08. The van der Waals surface area contributed by atoms with E-state index in [4.69, 9.17) is 27.6 Å². The molecule has 0 radical (unpaired) electrons. The first-order valence-electron chi connectivity index (χ1n) is 9.52. The van der Waals surface area contributed by atoms with Crippen LogP contribution in [0.2, 0.25) is 10.0 Å². The van der Waals surface area contributed by atoms with Crippen molar-refractivity contribution in [2.45, 2.75) is 19.4 Å². The van der Waals surface area contributed by atoms with E-state index in [1.165, 1.54) is 0 Å². The summed E-state index contributed by atoms with van der Waals surface area (Å²) in [6, 6.07) is 6.27. The van der Waals surface area contributed by atoms with Crippen LogP contribution in [0.25, 0.3) is 22.1 Å². The quantitative estimate of drug-likeness (QED) is 0.504. The van der Waals surface area contributed by atoms with Gasteiger partial charge in [-0.25, -0.2) is 9.97 Å². The number of benzene rings is 1. The highest BCUT2D eigenvalue weighted by Gasteiger charge is 2.32. The van der Waals surface area contributed by atoms with Crippen molar-refractivity contribution in [1.82, 2.24) is 19.9 Å². The molecule has 1 N–H and O–H groups in total. The van der Waals surface area contributed by atoms with Gasteiger partial charge in [-0.2, -0.15) is 4.98 Å². The topological polar surface area (TPSA) is 74.1 Å². The summed E-state index contributed by atoms with van der Waals surface area (Å²) in [4.78, 5) is 21.0. The number of aromatic amines is 1. The first-order chi connectivity index (χ1) is 14.0. The molecule has 0 spiro atoms. The van der Waals surface area contributed by atoms with Gasteiger partial charge in [-0.1, -0.05) is 30.1 Å². The minimum atomic E-state index is 0.242. The molecule has 1 fully saturated rings. The van der Waals surface area contributed by atoms with Gasteiger partial charge in [-0.05, 0) is 30.5 Å². The number of rotatable bonds is 3. The summed E-state index contributed by atoms with van der Waals surface area (Å²) < 4.78 is 6.00. The fourth-order valence-electron chi connectivity index (χ4n) is 4.11. The molecular formula is C20H20Cl2N6O. The second-order valence-electron chi connectivity index (χ2n) is 7.56. The van der Waals surface area contributed by atoms with Gasteiger partial charge >= 0.3 is 0 Å². The average molecular weight is 431 g/mol. The zero-order valence-corrected chi connectivity index (χ0v) is 17.6. The molecule has 2 unspecified atom stereocenters. The molecule has 9 heteroatoms. The highest BCUT2D eigenvalue weighted by Crippen LogP contribution is 2.34. The first-order valence-corrected chi connectivity index (χ1v) is 10.3. The Morgan fingerprint density at radius 3 is 3.00 bits per heavy atom.